The largest absolute Gasteiger partial charge is 0.331 e. The predicted octanol–water partition coefficient (Wildman–Crippen LogP) is 6.34. The Morgan fingerprint density at radius 1 is 0.933 bits per heavy atom. The summed E-state index contributed by atoms with van der Waals surface area (Å²) < 4.78 is 13.3. The van der Waals surface area contributed by atoms with E-state index in [9.17, 15) is 9.18 Å². The summed E-state index contributed by atoms with van der Waals surface area (Å²) in [6.45, 7) is 0. The van der Waals surface area contributed by atoms with Gasteiger partial charge in [0.15, 0.2) is 5.13 Å². The van der Waals surface area contributed by atoms with E-state index in [2.05, 4.69) is 15.6 Å². The van der Waals surface area contributed by atoms with Crippen molar-refractivity contribution in [2.45, 2.75) is 0 Å². The van der Waals surface area contributed by atoms with Crippen LogP contribution >= 0.6 is 11.3 Å². The van der Waals surface area contributed by atoms with Crippen molar-refractivity contribution in [3.05, 3.63) is 102 Å². The normalized spacial score (nSPS) is 10.8. The van der Waals surface area contributed by atoms with Crippen LogP contribution in [0.25, 0.3) is 17.3 Å². The highest BCUT2D eigenvalue weighted by molar-refractivity contribution is 7.14. The van der Waals surface area contributed by atoms with E-state index in [1.54, 1.807) is 18.2 Å². The number of carbonyl (C=O) groups is 1. The van der Waals surface area contributed by atoms with Crippen LogP contribution in [0.2, 0.25) is 0 Å². The number of carbonyl (C=O) groups excluding carboxylic acids is 1. The average Bonchev–Trinajstić information content (AvgIpc) is 3.22. The third-order valence-electron chi connectivity index (χ3n) is 4.23. The molecule has 2 N–H and O–H groups in total. The Morgan fingerprint density at radius 2 is 1.73 bits per heavy atom. The van der Waals surface area contributed by atoms with Crippen LogP contribution < -0.4 is 10.6 Å². The Kier molecular flexibility index (Phi) is 5.96. The minimum Gasteiger partial charge on any atom is -0.331 e. The van der Waals surface area contributed by atoms with Crippen molar-refractivity contribution < 1.29 is 9.18 Å². The van der Waals surface area contributed by atoms with Crippen LogP contribution in [-0.2, 0) is 4.79 Å². The number of thiazole rings is 1. The molecule has 0 aliphatic carbocycles. The van der Waals surface area contributed by atoms with Crippen molar-refractivity contribution in [1.29, 1.82) is 0 Å². The lowest BCUT2D eigenvalue weighted by atomic mass is 10.1. The topological polar surface area (TPSA) is 54.0 Å². The maximum Gasteiger partial charge on any atom is 0.248 e. The molecule has 4 aromatic rings. The first kappa shape index (κ1) is 19.5. The molecule has 0 bridgehead atoms. The molecule has 1 heterocycles. The zero-order chi connectivity index (χ0) is 20.8. The second kappa shape index (κ2) is 9.15. The smallest absolute Gasteiger partial charge is 0.248 e. The summed E-state index contributed by atoms with van der Waals surface area (Å²) in [5, 5.41) is 8.55. The number of hydrogen-bond donors (Lipinski definition) is 2. The number of hydrogen-bond acceptors (Lipinski definition) is 4. The van der Waals surface area contributed by atoms with E-state index >= 15 is 0 Å². The number of amides is 1. The van der Waals surface area contributed by atoms with Crippen molar-refractivity contribution in [2.24, 2.45) is 0 Å². The molecule has 0 fully saturated rings. The Labute approximate surface area is 177 Å². The first-order valence-corrected chi connectivity index (χ1v) is 10.2. The maximum absolute atomic E-state index is 13.3. The number of nitrogens with zero attached hydrogens (tertiary/aromatic N) is 1. The molecule has 6 heteroatoms. The fourth-order valence-electron chi connectivity index (χ4n) is 2.83. The van der Waals surface area contributed by atoms with Crippen LogP contribution in [0, 0.1) is 5.82 Å². The van der Waals surface area contributed by atoms with Crippen LogP contribution in [-0.4, -0.2) is 10.9 Å². The summed E-state index contributed by atoms with van der Waals surface area (Å²) in [5.41, 5.74) is 3.94. The predicted molar refractivity (Wildman–Crippen MR) is 121 cm³/mol. The molecule has 0 aliphatic heterocycles. The van der Waals surface area contributed by atoms with Gasteiger partial charge in [0.25, 0.3) is 0 Å². The molecular weight excluding hydrogens is 397 g/mol. The van der Waals surface area contributed by atoms with Crippen LogP contribution in [0.5, 0.6) is 0 Å². The van der Waals surface area contributed by atoms with Gasteiger partial charge in [-0.05, 0) is 42.0 Å². The lowest BCUT2D eigenvalue weighted by Crippen LogP contribution is -2.07. The van der Waals surface area contributed by atoms with Gasteiger partial charge in [-0.25, -0.2) is 9.37 Å². The molecular formula is C24H18FN3OS. The van der Waals surface area contributed by atoms with Crippen LogP contribution in [0.1, 0.15) is 5.56 Å². The standard InChI is InChI=1S/C24H18FN3OS/c25-19-9-5-11-21(15-19)27-24-28-22(16-30-24)18-8-4-10-20(14-18)26-23(29)13-12-17-6-2-1-3-7-17/h1-16H,(H,26,29)(H,27,28)/b13-12+. The molecule has 0 radical (unpaired) electrons. The van der Waals surface area contributed by atoms with Crippen molar-refractivity contribution in [2.75, 3.05) is 10.6 Å². The lowest BCUT2D eigenvalue weighted by Gasteiger charge is -2.05. The van der Waals surface area contributed by atoms with Gasteiger partial charge >= 0.3 is 0 Å². The van der Waals surface area contributed by atoms with Gasteiger partial charge in [0, 0.05) is 28.4 Å². The minimum absolute atomic E-state index is 0.206. The van der Waals surface area contributed by atoms with Crippen molar-refractivity contribution in [3.8, 4) is 11.3 Å². The third kappa shape index (κ3) is 5.18. The summed E-state index contributed by atoms with van der Waals surface area (Å²) >= 11 is 1.43. The van der Waals surface area contributed by atoms with Gasteiger partial charge in [-0.1, -0.05) is 48.5 Å². The number of nitrogens with one attached hydrogen (secondary N) is 2. The fourth-order valence-corrected chi connectivity index (χ4v) is 3.57. The first-order chi connectivity index (χ1) is 14.7. The first-order valence-electron chi connectivity index (χ1n) is 9.28. The zero-order valence-electron chi connectivity index (χ0n) is 15.9. The number of anilines is 3. The molecule has 0 saturated heterocycles. The molecule has 148 valence electrons. The second-order valence-corrected chi connectivity index (χ2v) is 7.35. The van der Waals surface area contributed by atoms with E-state index < -0.39 is 0 Å². The summed E-state index contributed by atoms with van der Waals surface area (Å²) in [7, 11) is 0. The van der Waals surface area contributed by atoms with Gasteiger partial charge in [-0.15, -0.1) is 11.3 Å². The summed E-state index contributed by atoms with van der Waals surface area (Å²) in [6, 6.07) is 23.4. The van der Waals surface area contributed by atoms with Crippen molar-refractivity contribution in [1.82, 2.24) is 4.98 Å². The van der Waals surface area contributed by atoms with Gasteiger partial charge in [-0.3, -0.25) is 4.79 Å². The number of halogens is 1. The van der Waals surface area contributed by atoms with E-state index in [0.29, 0.717) is 16.5 Å². The Bertz CT molecular complexity index is 1190. The zero-order valence-corrected chi connectivity index (χ0v) is 16.7. The molecule has 0 spiro atoms. The highest BCUT2D eigenvalue weighted by Crippen LogP contribution is 2.28. The van der Waals surface area contributed by atoms with Gasteiger partial charge in [0.05, 0.1) is 5.69 Å². The SMILES string of the molecule is O=C(/C=C/c1ccccc1)Nc1cccc(-c2csc(Nc3cccc(F)c3)n2)c1. The molecule has 3 aromatic carbocycles. The summed E-state index contributed by atoms with van der Waals surface area (Å²) in [6.07, 6.45) is 3.27. The van der Waals surface area contributed by atoms with Crippen LogP contribution in [0.3, 0.4) is 0 Å². The van der Waals surface area contributed by atoms with Gasteiger partial charge in [0.1, 0.15) is 5.82 Å². The molecule has 1 amide bonds. The lowest BCUT2D eigenvalue weighted by molar-refractivity contribution is -0.111. The number of aromatic nitrogens is 1. The highest BCUT2D eigenvalue weighted by atomic mass is 32.1. The summed E-state index contributed by atoms with van der Waals surface area (Å²) in [5.74, 6) is -0.510. The molecule has 30 heavy (non-hydrogen) atoms. The Morgan fingerprint density at radius 3 is 2.57 bits per heavy atom. The fraction of sp³-hybridized carbons (Fsp3) is 0. The minimum atomic E-state index is -0.304. The van der Waals surface area contributed by atoms with E-state index in [4.69, 9.17) is 0 Å². The number of benzene rings is 3. The van der Waals surface area contributed by atoms with Crippen LogP contribution in [0.15, 0.2) is 90.3 Å². The second-order valence-electron chi connectivity index (χ2n) is 6.49. The molecule has 0 aliphatic rings. The van der Waals surface area contributed by atoms with Gasteiger partial charge < -0.3 is 10.6 Å². The molecule has 0 saturated carbocycles. The molecule has 4 nitrogen and oxygen atoms in total. The summed E-state index contributed by atoms with van der Waals surface area (Å²) in [4.78, 5) is 16.8. The maximum atomic E-state index is 13.3. The monoisotopic (exact) mass is 415 g/mol. The van der Waals surface area contributed by atoms with E-state index in [0.717, 1.165) is 16.8 Å². The average molecular weight is 415 g/mol. The van der Waals surface area contributed by atoms with Crippen molar-refractivity contribution >= 4 is 39.8 Å². The van der Waals surface area contributed by atoms with Crippen LogP contribution in [0.4, 0.5) is 20.9 Å². The molecule has 1 aromatic heterocycles. The molecule has 0 atom stereocenters. The Hall–Kier alpha value is -3.77. The molecule has 4 rings (SSSR count). The van der Waals surface area contributed by atoms with Crippen molar-refractivity contribution in [3.63, 3.8) is 0 Å². The Balaban J connectivity index is 1.44. The third-order valence-corrected chi connectivity index (χ3v) is 4.99. The molecule has 0 unspecified atom stereocenters. The van der Waals surface area contributed by atoms with E-state index in [-0.39, 0.29) is 11.7 Å². The van der Waals surface area contributed by atoms with E-state index in [1.165, 1.54) is 29.5 Å². The quantitative estimate of drug-likeness (QED) is 0.361. The number of rotatable bonds is 6. The van der Waals surface area contributed by atoms with E-state index in [1.807, 2.05) is 60.0 Å². The van der Waals surface area contributed by atoms with Gasteiger partial charge in [0.2, 0.25) is 5.91 Å². The highest BCUT2D eigenvalue weighted by Gasteiger charge is 2.07. The van der Waals surface area contributed by atoms with Gasteiger partial charge in [-0.2, -0.15) is 0 Å².